The van der Waals surface area contributed by atoms with Crippen molar-refractivity contribution in [2.24, 2.45) is 0 Å². The van der Waals surface area contributed by atoms with Gasteiger partial charge in [-0.2, -0.15) is 4.98 Å². The van der Waals surface area contributed by atoms with Crippen LogP contribution in [-0.2, 0) is 0 Å². The molecule has 0 aliphatic heterocycles. The average molecular weight is 314 g/mol. The minimum atomic E-state index is -0.536. The molecule has 0 atom stereocenters. The van der Waals surface area contributed by atoms with Crippen LogP contribution in [0.4, 0.5) is 0 Å². The Kier molecular flexibility index (Phi) is 3.56. The zero-order chi connectivity index (χ0) is 14.3. The molecule has 0 amide bonds. The van der Waals surface area contributed by atoms with Crippen LogP contribution < -0.4 is 11.4 Å². The fourth-order valence-electron chi connectivity index (χ4n) is 2.77. The summed E-state index contributed by atoms with van der Waals surface area (Å²) in [5, 5.41) is 0.530. The standard InChI is InChI=1S/C13H13Cl2N3O2/c14-8-6-10(15)11-16-12(19)18(13(20)17(11)7-8)9-4-2-1-3-5-9/h6-7,9H,1-5H2. The van der Waals surface area contributed by atoms with Crippen molar-refractivity contribution in [1.29, 1.82) is 0 Å². The second-order valence-corrected chi connectivity index (χ2v) is 5.88. The predicted molar refractivity (Wildman–Crippen MR) is 77.9 cm³/mol. The summed E-state index contributed by atoms with van der Waals surface area (Å²) in [5.74, 6) is 0. The Morgan fingerprint density at radius 3 is 2.55 bits per heavy atom. The molecule has 0 radical (unpaired) electrons. The van der Waals surface area contributed by atoms with Gasteiger partial charge in [0.1, 0.15) is 0 Å². The molecule has 2 heterocycles. The van der Waals surface area contributed by atoms with Gasteiger partial charge in [0.25, 0.3) is 0 Å². The Balaban J connectivity index is 2.28. The second-order valence-electron chi connectivity index (χ2n) is 5.04. The van der Waals surface area contributed by atoms with E-state index in [1.165, 1.54) is 21.2 Å². The molecular weight excluding hydrogens is 301 g/mol. The lowest BCUT2D eigenvalue weighted by atomic mass is 9.95. The molecule has 7 heteroatoms. The molecule has 2 aromatic rings. The first-order chi connectivity index (χ1) is 9.58. The van der Waals surface area contributed by atoms with E-state index in [1.807, 2.05) is 0 Å². The van der Waals surface area contributed by atoms with Crippen molar-refractivity contribution >= 4 is 28.8 Å². The van der Waals surface area contributed by atoms with Crippen molar-refractivity contribution in [2.45, 2.75) is 38.1 Å². The molecule has 0 spiro atoms. The zero-order valence-electron chi connectivity index (χ0n) is 10.7. The van der Waals surface area contributed by atoms with Crippen LogP contribution in [0, 0.1) is 0 Å². The largest absolute Gasteiger partial charge is 0.353 e. The zero-order valence-corrected chi connectivity index (χ0v) is 12.2. The summed E-state index contributed by atoms with van der Waals surface area (Å²) in [6.07, 6.45) is 6.29. The van der Waals surface area contributed by atoms with Crippen LogP contribution in [0.1, 0.15) is 38.1 Å². The van der Waals surface area contributed by atoms with Crippen molar-refractivity contribution in [2.75, 3.05) is 0 Å². The highest BCUT2D eigenvalue weighted by atomic mass is 35.5. The van der Waals surface area contributed by atoms with Gasteiger partial charge in [0.05, 0.1) is 10.0 Å². The summed E-state index contributed by atoms with van der Waals surface area (Å²) in [6, 6.07) is 1.39. The number of pyridine rings is 1. The van der Waals surface area contributed by atoms with E-state index < -0.39 is 11.4 Å². The number of hydrogen-bond donors (Lipinski definition) is 0. The SMILES string of the molecule is O=c1nc2c(Cl)cc(Cl)cn2c(=O)n1C1CCCCC1. The third-order valence-electron chi connectivity index (χ3n) is 3.72. The van der Waals surface area contributed by atoms with Gasteiger partial charge < -0.3 is 0 Å². The molecule has 20 heavy (non-hydrogen) atoms. The van der Waals surface area contributed by atoms with E-state index in [9.17, 15) is 9.59 Å². The molecule has 2 aromatic heterocycles. The molecular formula is C13H13Cl2N3O2. The highest BCUT2D eigenvalue weighted by molar-refractivity contribution is 6.36. The van der Waals surface area contributed by atoms with Gasteiger partial charge in [-0.15, -0.1) is 0 Å². The third kappa shape index (κ3) is 2.25. The minimum Gasteiger partial charge on any atom is -0.250 e. The van der Waals surface area contributed by atoms with Gasteiger partial charge in [0.15, 0.2) is 5.65 Å². The van der Waals surface area contributed by atoms with Crippen LogP contribution >= 0.6 is 23.2 Å². The van der Waals surface area contributed by atoms with Crippen molar-refractivity contribution in [3.63, 3.8) is 0 Å². The van der Waals surface area contributed by atoms with Crippen molar-refractivity contribution < 1.29 is 0 Å². The molecule has 0 bridgehead atoms. The summed E-state index contributed by atoms with van der Waals surface area (Å²) in [7, 11) is 0. The van der Waals surface area contributed by atoms with Gasteiger partial charge in [0.2, 0.25) is 0 Å². The van der Waals surface area contributed by atoms with Crippen molar-refractivity contribution in [1.82, 2.24) is 14.0 Å². The first-order valence-corrected chi connectivity index (χ1v) is 7.33. The first kappa shape index (κ1) is 13.6. The van der Waals surface area contributed by atoms with E-state index in [2.05, 4.69) is 4.98 Å². The fraction of sp³-hybridized carbons (Fsp3) is 0.462. The summed E-state index contributed by atoms with van der Waals surface area (Å²) >= 11 is 11.9. The quantitative estimate of drug-likeness (QED) is 0.813. The maximum Gasteiger partial charge on any atom is 0.353 e. The number of rotatable bonds is 1. The Morgan fingerprint density at radius 1 is 1.15 bits per heavy atom. The van der Waals surface area contributed by atoms with Crippen molar-refractivity contribution in [3.05, 3.63) is 43.3 Å². The molecule has 0 unspecified atom stereocenters. The van der Waals surface area contributed by atoms with Gasteiger partial charge in [0, 0.05) is 12.2 Å². The number of hydrogen-bond acceptors (Lipinski definition) is 3. The second kappa shape index (κ2) is 5.22. The van der Waals surface area contributed by atoms with Crippen LogP contribution in [-0.4, -0.2) is 14.0 Å². The molecule has 5 nitrogen and oxygen atoms in total. The third-order valence-corrected chi connectivity index (χ3v) is 4.20. The number of aromatic nitrogens is 3. The highest BCUT2D eigenvalue weighted by Crippen LogP contribution is 2.26. The van der Waals surface area contributed by atoms with Gasteiger partial charge in [-0.25, -0.2) is 18.6 Å². The van der Waals surface area contributed by atoms with Crippen LogP contribution in [0.2, 0.25) is 10.0 Å². The molecule has 0 aromatic carbocycles. The predicted octanol–water partition coefficient (Wildman–Crippen LogP) is 2.67. The van der Waals surface area contributed by atoms with E-state index in [1.54, 1.807) is 0 Å². The lowest BCUT2D eigenvalue weighted by molar-refractivity contribution is 0.331. The van der Waals surface area contributed by atoms with Crippen LogP contribution in [0.5, 0.6) is 0 Å². The normalized spacial score (nSPS) is 16.7. The van der Waals surface area contributed by atoms with Crippen LogP contribution in [0.25, 0.3) is 5.65 Å². The lowest BCUT2D eigenvalue weighted by Gasteiger charge is -2.22. The van der Waals surface area contributed by atoms with E-state index in [4.69, 9.17) is 23.2 Å². The average Bonchev–Trinajstić information content (AvgIpc) is 2.42. The number of halogens is 2. The smallest absolute Gasteiger partial charge is 0.250 e. The number of nitrogens with zero attached hydrogens (tertiary/aromatic N) is 3. The molecule has 0 N–H and O–H groups in total. The summed E-state index contributed by atoms with van der Waals surface area (Å²) in [4.78, 5) is 28.6. The Bertz CT molecular complexity index is 776. The lowest BCUT2D eigenvalue weighted by Crippen LogP contribution is -2.42. The summed E-state index contributed by atoms with van der Waals surface area (Å²) < 4.78 is 2.49. The molecule has 1 aliphatic rings. The molecule has 106 valence electrons. The monoisotopic (exact) mass is 313 g/mol. The molecule has 3 rings (SSSR count). The van der Waals surface area contributed by atoms with E-state index >= 15 is 0 Å². The number of fused-ring (bicyclic) bond motifs is 1. The Hall–Kier alpha value is -1.33. The highest BCUT2D eigenvalue weighted by Gasteiger charge is 2.21. The summed E-state index contributed by atoms with van der Waals surface area (Å²) in [6.45, 7) is 0. The van der Waals surface area contributed by atoms with Gasteiger partial charge in [-0.1, -0.05) is 42.5 Å². The summed E-state index contributed by atoms with van der Waals surface area (Å²) in [5.41, 5.74) is -0.805. The van der Waals surface area contributed by atoms with Crippen molar-refractivity contribution in [3.8, 4) is 0 Å². The molecule has 1 saturated carbocycles. The first-order valence-electron chi connectivity index (χ1n) is 6.58. The van der Waals surface area contributed by atoms with Gasteiger partial charge in [-0.3, -0.25) is 0 Å². The molecule has 1 aliphatic carbocycles. The maximum absolute atomic E-state index is 12.5. The van der Waals surface area contributed by atoms with E-state index in [0.29, 0.717) is 5.02 Å². The fourth-order valence-corrected chi connectivity index (χ4v) is 3.28. The van der Waals surface area contributed by atoms with E-state index in [-0.39, 0.29) is 16.7 Å². The van der Waals surface area contributed by atoms with Crippen LogP contribution in [0.3, 0.4) is 0 Å². The maximum atomic E-state index is 12.5. The topological polar surface area (TPSA) is 56.4 Å². The Morgan fingerprint density at radius 2 is 1.85 bits per heavy atom. The molecule has 1 fully saturated rings. The van der Waals surface area contributed by atoms with E-state index in [0.717, 1.165) is 32.1 Å². The Labute approximate surface area is 124 Å². The minimum absolute atomic E-state index is 0.0779. The van der Waals surface area contributed by atoms with Gasteiger partial charge >= 0.3 is 11.4 Å². The van der Waals surface area contributed by atoms with Crippen LogP contribution in [0.15, 0.2) is 21.9 Å². The molecule has 0 saturated heterocycles. The van der Waals surface area contributed by atoms with Gasteiger partial charge in [-0.05, 0) is 18.9 Å².